The predicted octanol–water partition coefficient (Wildman–Crippen LogP) is 2.94. The van der Waals surface area contributed by atoms with Crippen molar-refractivity contribution < 1.29 is 0 Å². The molecule has 0 aromatic rings. The molecule has 0 aliphatic heterocycles. The maximum atomic E-state index is 6.47. The van der Waals surface area contributed by atoms with Gasteiger partial charge >= 0.3 is 0 Å². The van der Waals surface area contributed by atoms with Crippen LogP contribution in [0.3, 0.4) is 0 Å². The van der Waals surface area contributed by atoms with Crippen LogP contribution in [0.4, 0.5) is 0 Å². The van der Waals surface area contributed by atoms with E-state index in [0.29, 0.717) is 16.9 Å². The van der Waals surface area contributed by atoms with E-state index in [1.165, 1.54) is 32.1 Å². The Morgan fingerprint density at radius 2 is 1.77 bits per heavy atom. The standard InChI is InChI=1S/C12H23N/c1-4-12(9(2)3)8-7-11(5-6-11)10(12)13/h9-10H,4-8,13H2,1-3H3/t10-,12?/m1/s1. The van der Waals surface area contributed by atoms with Crippen molar-refractivity contribution in [2.45, 2.75) is 58.9 Å². The lowest BCUT2D eigenvalue weighted by molar-refractivity contribution is 0.144. The van der Waals surface area contributed by atoms with Crippen LogP contribution in [-0.4, -0.2) is 6.04 Å². The summed E-state index contributed by atoms with van der Waals surface area (Å²) in [4.78, 5) is 0. The molecule has 0 radical (unpaired) electrons. The molecule has 0 saturated heterocycles. The third-order valence-electron chi connectivity index (χ3n) is 5.07. The van der Waals surface area contributed by atoms with E-state index in [1.54, 1.807) is 0 Å². The molecular formula is C12H23N. The van der Waals surface area contributed by atoms with E-state index in [1.807, 2.05) is 0 Å². The Bertz CT molecular complexity index is 205. The molecule has 2 N–H and O–H groups in total. The zero-order valence-electron chi connectivity index (χ0n) is 9.27. The summed E-state index contributed by atoms with van der Waals surface area (Å²) in [7, 11) is 0. The zero-order valence-corrected chi connectivity index (χ0v) is 9.27. The van der Waals surface area contributed by atoms with E-state index in [2.05, 4.69) is 20.8 Å². The van der Waals surface area contributed by atoms with E-state index in [0.717, 1.165) is 5.92 Å². The third-order valence-corrected chi connectivity index (χ3v) is 5.07. The van der Waals surface area contributed by atoms with Gasteiger partial charge in [0.25, 0.3) is 0 Å². The normalized spacial score (nSPS) is 41.8. The minimum Gasteiger partial charge on any atom is -0.327 e. The summed E-state index contributed by atoms with van der Waals surface area (Å²) in [6, 6.07) is 0.491. The average molecular weight is 181 g/mol. The quantitative estimate of drug-likeness (QED) is 0.696. The van der Waals surface area contributed by atoms with E-state index in [-0.39, 0.29) is 0 Å². The van der Waals surface area contributed by atoms with Crippen LogP contribution < -0.4 is 5.73 Å². The van der Waals surface area contributed by atoms with Gasteiger partial charge < -0.3 is 5.73 Å². The molecule has 0 aromatic carbocycles. The molecule has 1 spiro atoms. The fourth-order valence-corrected chi connectivity index (χ4v) is 3.58. The highest BCUT2D eigenvalue weighted by Gasteiger charge is 2.60. The van der Waals surface area contributed by atoms with Gasteiger partial charge in [-0.05, 0) is 48.9 Å². The van der Waals surface area contributed by atoms with Crippen LogP contribution in [0.15, 0.2) is 0 Å². The second kappa shape index (κ2) is 2.73. The number of hydrogen-bond donors (Lipinski definition) is 1. The van der Waals surface area contributed by atoms with E-state index < -0.39 is 0 Å². The molecule has 1 unspecified atom stereocenters. The van der Waals surface area contributed by atoms with Gasteiger partial charge in [-0.15, -0.1) is 0 Å². The molecule has 1 nitrogen and oxygen atoms in total. The summed E-state index contributed by atoms with van der Waals surface area (Å²) in [6.07, 6.45) is 6.86. The maximum absolute atomic E-state index is 6.47. The van der Waals surface area contributed by atoms with Crippen molar-refractivity contribution in [3.8, 4) is 0 Å². The molecule has 2 aliphatic rings. The molecule has 13 heavy (non-hydrogen) atoms. The molecule has 0 heterocycles. The molecule has 2 fully saturated rings. The van der Waals surface area contributed by atoms with Gasteiger partial charge in [-0.3, -0.25) is 0 Å². The first-order valence-electron chi connectivity index (χ1n) is 5.83. The second-order valence-corrected chi connectivity index (χ2v) is 5.58. The number of hydrogen-bond acceptors (Lipinski definition) is 1. The minimum absolute atomic E-state index is 0.469. The Labute approximate surface area is 82.1 Å². The van der Waals surface area contributed by atoms with Crippen molar-refractivity contribution in [3.63, 3.8) is 0 Å². The Kier molecular flexibility index (Phi) is 1.99. The first-order chi connectivity index (χ1) is 6.07. The van der Waals surface area contributed by atoms with Crippen molar-refractivity contribution in [1.82, 2.24) is 0 Å². The Balaban J connectivity index is 2.22. The summed E-state index contributed by atoms with van der Waals surface area (Å²) in [5.41, 5.74) is 7.53. The lowest BCUT2D eigenvalue weighted by Crippen LogP contribution is -2.44. The molecule has 2 saturated carbocycles. The summed E-state index contributed by atoms with van der Waals surface area (Å²) >= 11 is 0. The van der Waals surface area contributed by atoms with Crippen molar-refractivity contribution in [2.24, 2.45) is 22.5 Å². The summed E-state index contributed by atoms with van der Waals surface area (Å²) < 4.78 is 0. The average Bonchev–Trinajstić information content (AvgIpc) is 2.80. The van der Waals surface area contributed by atoms with Crippen molar-refractivity contribution >= 4 is 0 Å². The Morgan fingerprint density at radius 3 is 2.00 bits per heavy atom. The fraction of sp³-hybridized carbons (Fsp3) is 1.00. The first-order valence-corrected chi connectivity index (χ1v) is 5.83. The molecule has 76 valence electrons. The zero-order chi connectivity index (χ0) is 9.69. The fourth-order valence-electron chi connectivity index (χ4n) is 3.58. The second-order valence-electron chi connectivity index (χ2n) is 5.58. The molecule has 0 bridgehead atoms. The highest BCUT2D eigenvalue weighted by Crippen LogP contribution is 2.65. The maximum Gasteiger partial charge on any atom is 0.0155 e. The van der Waals surface area contributed by atoms with Gasteiger partial charge in [-0.25, -0.2) is 0 Å². The van der Waals surface area contributed by atoms with Gasteiger partial charge in [0.05, 0.1) is 0 Å². The van der Waals surface area contributed by atoms with Crippen LogP contribution in [0.1, 0.15) is 52.9 Å². The minimum atomic E-state index is 0.469. The topological polar surface area (TPSA) is 26.0 Å². The van der Waals surface area contributed by atoms with Crippen LogP contribution in [0.5, 0.6) is 0 Å². The number of rotatable bonds is 2. The SMILES string of the molecule is CCC1(C(C)C)CCC2(CC2)[C@H]1N. The molecule has 2 atom stereocenters. The van der Waals surface area contributed by atoms with Crippen LogP contribution in [0, 0.1) is 16.7 Å². The van der Waals surface area contributed by atoms with Crippen molar-refractivity contribution in [2.75, 3.05) is 0 Å². The first kappa shape index (κ1) is 9.51. The van der Waals surface area contributed by atoms with E-state index in [4.69, 9.17) is 5.73 Å². The molecule has 2 aliphatic carbocycles. The van der Waals surface area contributed by atoms with Crippen LogP contribution in [0.2, 0.25) is 0 Å². The van der Waals surface area contributed by atoms with Crippen LogP contribution in [-0.2, 0) is 0 Å². The molecule has 2 rings (SSSR count). The summed E-state index contributed by atoms with van der Waals surface area (Å²) in [5.74, 6) is 0.757. The highest BCUT2D eigenvalue weighted by atomic mass is 14.8. The van der Waals surface area contributed by atoms with Crippen molar-refractivity contribution in [3.05, 3.63) is 0 Å². The molecular weight excluding hydrogens is 158 g/mol. The lowest BCUT2D eigenvalue weighted by Gasteiger charge is -2.38. The molecule has 1 heteroatoms. The highest BCUT2D eigenvalue weighted by molar-refractivity contribution is 5.14. The van der Waals surface area contributed by atoms with Gasteiger partial charge in [0.1, 0.15) is 0 Å². The smallest absolute Gasteiger partial charge is 0.0155 e. The van der Waals surface area contributed by atoms with E-state index >= 15 is 0 Å². The predicted molar refractivity (Wildman–Crippen MR) is 56.4 cm³/mol. The Morgan fingerprint density at radius 1 is 1.23 bits per heavy atom. The van der Waals surface area contributed by atoms with Gasteiger partial charge in [-0.2, -0.15) is 0 Å². The van der Waals surface area contributed by atoms with E-state index in [9.17, 15) is 0 Å². The number of nitrogens with two attached hydrogens (primary N) is 1. The molecule has 0 amide bonds. The molecule has 0 aromatic heterocycles. The van der Waals surface area contributed by atoms with Gasteiger partial charge in [0, 0.05) is 6.04 Å². The summed E-state index contributed by atoms with van der Waals surface area (Å²) in [6.45, 7) is 7.02. The lowest BCUT2D eigenvalue weighted by atomic mass is 9.70. The van der Waals surface area contributed by atoms with Crippen LogP contribution >= 0.6 is 0 Å². The largest absolute Gasteiger partial charge is 0.327 e. The monoisotopic (exact) mass is 181 g/mol. The Hall–Kier alpha value is -0.0400. The van der Waals surface area contributed by atoms with Gasteiger partial charge in [0.2, 0.25) is 0 Å². The van der Waals surface area contributed by atoms with Gasteiger partial charge in [0.15, 0.2) is 0 Å². The van der Waals surface area contributed by atoms with Gasteiger partial charge in [-0.1, -0.05) is 20.8 Å². The van der Waals surface area contributed by atoms with Crippen molar-refractivity contribution in [1.29, 1.82) is 0 Å². The summed E-state index contributed by atoms with van der Waals surface area (Å²) in [5, 5.41) is 0. The third kappa shape index (κ3) is 1.09. The van der Waals surface area contributed by atoms with Crippen LogP contribution in [0.25, 0.3) is 0 Å².